The first-order valence-corrected chi connectivity index (χ1v) is 5.85. The van der Waals surface area contributed by atoms with Gasteiger partial charge in [0, 0.05) is 11.3 Å². The molecule has 0 saturated carbocycles. The van der Waals surface area contributed by atoms with Gasteiger partial charge in [0.05, 0.1) is 0 Å². The fraction of sp³-hybridized carbons (Fsp3) is 0.250. The molecule has 16 heavy (non-hydrogen) atoms. The molecule has 0 heterocycles. The minimum atomic E-state index is 0.276. The van der Waals surface area contributed by atoms with Crippen LogP contribution in [-0.2, 0) is 5.41 Å². The summed E-state index contributed by atoms with van der Waals surface area (Å²) in [5.74, 6) is 0.560. The van der Waals surface area contributed by atoms with E-state index in [0.29, 0.717) is 5.92 Å². The molecule has 80 valence electrons. The summed E-state index contributed by atoms with van der Waals surface area (Å²) in [4.78, 5) is 0. The van der Waals surface area contributed by atoms with Gasteiger partial charge in [-0.1, -0.05) is 68.4 Å². The summed E-state index contributed by atoms with van der Waals surface area (Å²) < 4.78 is 0. The largest absolute Gasteiger partial charge is 0.0622 e. The van der Waals surface area contributed by atoms with Crippen molar-refractivity contribution in [3.05, 3.63) is 71.3 Å². The molecule has 1 atom stereocenters. The molecule has 0 saturated heterocycles. The minimum Gasteiger partial charge on any atom is -0.0622 e. The second-order valence-corrected chi connectivity index (χ2v) is 5.15. The molecule has 3 rings (SSSR count). The Hall–Kier alpha value is -1.56. The SMILES string of the molecule is CC1(C)c2ccccc2C1c1ccccc1. The van der Waals surface area contributed by atoms with Crippen molar-refractivity contribution in [1.29, 1.82) is 0 Å². The highest BCUT2D eigenvalue weighted by molar-refractivity contribution is 5.54. The fourth-order valence-corrected chi connectivity index (χ4v) is 3.04. The average Bonchev–Trinajstić information content (AvgIpc) is 2.30. The van der Waals surface area contributed by atoms with Crippen LogP contribution in [0.3, 0.4) is 0 Å². The van der Waals surface area contributed by atoms with Crippen molar-refractivity contribution in [2.45, 2.75) is 25.2 Å². The van der Waals surface area contributed by atoms with E-state index < -0.39 is 0 Å². The molecule has 0 nitrogen and oxygen atoms in total. The summed E-state index contributed by atoms with van der Waals surface area (Å²) in [7, 11) is 0. The molecule has 0 radical (unpaired) electrons. The van der Waals surface area contributed by atoms with Crippen LogP contribution in [0.15, 0.2) is 54.6 Å². The fourth-order valence-electron chi connectivity index (χ4n) is 3.04. The van der Waals surface area contributed by atoms with E-state index in [-0.39, 0.29) is 5.41 Å². The minimum absolute atomic E-state index is 0.276. The summed E-state index contributed by atoms with van der Waals surface area (Å²) >= 11 is 0. The first kappa shape index (κ1) is 9.65. The number of hydrogen-bond donors (Lipinski definition) is 0. The summed E-state index contributed by atoms with van der Waals surface area (Å²) in [5, 5.41) is 0. The molecule has 0 spiro atoms. The van der Waals surface area contributed by atoms with Gasteiger partial charge in [-0.3, -0.25) is 0 Å². The Balaban J connectivity index is 2.13. The van der Waals surface area contributed by atoms with E-state index in [1.165, 1.54) is 16.7 Å². The lowest BCUT2D eigenvalue weighted by Gasteiger charge is -2.47. The lowest BCUT2D eigenvalue weighted by Crippen LogP contribution is -2.38. The normalized spacial score (nSPS) is 21.0. The first-order chi connectivity index (χ1) is 7.71. The van der Waals surface area contributed by atoms with Gasteiger partial charge in [-0.2, -0.15) is 0 Å². The molecule has 2 aromatic rings. The average molecular weight is 208 g/mol. The highest BCUT2D eigenvalue weighted by atomic mass is 14.5. The van der Waals surface area contributed by atoms with Gasteiger partial charge >= 0.3 is 0 Å². The molecule has 1 unspecified atom stereocenters. The molecule has 2 aromatic carbocycles. The van der Waals surface area contributed by atoms with Crippen molar-refractivity contribution >= 4 is 0 Å². The molecule has 0 bridgehead atoms. The van der Waals surface area contributed by atoms with Crippen molar-refractivity contribution in [3.8, 4) is 0 Å². The van der Waals surface area contributed by atoms with E-state index in [4.69, 9.17) is 0 Å². The van der Waals surface area contributed by atoms with Crippen LogP contribution in [0.1, 0.15) is 36.5 Å². The zero-order valence-corrected chi connectivity index (χ0v) is 9.77. The van der Waals surface area contributed by atoms with Gasteiger partial charge in [0.1, 0.15) is 0 Å². The Kier molecular flexibility index (Phi) is 1.94. The van der Waals surface area contributed by atoms with E-state index in [0.717, 1.165) is 0 Å². The molecule has 0 N–H and O–H groups in total. The van der Waals surface area contributed by atoms with Crippen molar-refractivity contribution in [1.82, 2.24) is 0 Å². The topological polar surface area (TPSA) is 0 Å². The second kappa shape index (κ2) is 3.21. The maximum absolute atomic E-state index is 2.34. The third kappa shape index (κ3) is 1.16. The molecule has 0 amide bonds. The van der Waals surface area contributed by atoms with Gasteiger partial charge in [-0.25, -0.2) is 0 Å². The monoisotopic (exact) mass is 208 g/mol. The highest BCUT2D eigenvalue weighted by Gasteiger charge is 2.44. The molecule has 1 aliphatic carbocycles. The van der Waals surface area contributed by atoms with Crippen molar-refractivity contribution in [2.75, 3.05) is 0 Å². The van der Waals surface area contributed by atoms with E-state index in [1.54, 1.807) is 0 Å². The lowest BCUT2D eigenvalue weighted by molar-refractivity contribution is 0.392. The van der Waals surface area contributed by atoms with Gasteiger partial charge in [-0.05, 0) is 16.7 Å². The van der Waals surface area contributed by atoms with Crippen molar-refractivity contribution in [2.24, 2.45) is 0 Å². The molecule has 0 heteroatoms. The van der Waals surface area contributed by atoms with Gasteiger partial charge in [0.2, 0.25) is 0 Å². The van der Waals surface area contributed by atoms with Crippen LogP contribution < -0.4 is 0 Å². The maximum Gasteiger partial charge on any atom is 0.0184 e. The van der Waals surface area contributed by atoms with Gasteiger partial charge < -0.3 is 0 Å². The van der Waals surface area contributed by atoms with Crippen LogP contribution in [0.5, 0.6) is 0 Å². The second-order valence-electron chi connectivity index (χ2n) is 5.15. The predicted molar refractivity (Wildman–Crippen MR) is 67.8 cm³/mol. The van der Waals surface area contributed by atoms with Crippen LogP contribution in [0.4, 0.5) is 0 Å². The van der Waals surface area contributed by atoms with E-state index >= 15 is 0 Å². The summed E-state index contributed by atoms with van der Waals surface area (Å²) in [5.41, 5.74) is 4.71. The van der Waals surface area contributed by atoms with Crippen molar-refractivity contribution < 1.29 is 0 Å². The third-order valence-corrected chi connectivity index (χ3v) is 3.82. The molecular weight excluding hydrogens is 192 g/mol. The smallest absolute Gasteiger partial charge is 0.0184 e. The van der Waals surface area contributed by atoms with Crippen LogP contribution in [0.2, 0.25) is 0 Å². The zero-order chi connectivity index (χ0) is 11.2. The molecule has 0 fully saturated rings. The molecule has 1 aliphatic rings. The quantitative estimate of drug-likeness (QED) is 0.661. The van der Waals surface area contributed by atoms with E-state index in [9.17, 15) is 0 Å². The first-order valence-electron chi connectivity index (χ1n) is 5.85. The van der Waals surface area contributed by atoms with E-state index in [2.05, 4.69) is 68.4 Å². The lowest BCUT2D eigenvalue weighted by atomic mass is 9.56. The highest BCUT2D eigenvalue weighted by Crippen LogP contribution is 2.54. The number of benzene rings is 2. The summed E-state index contributed by atoms with van der Waals surface area (Å²) in [6.07, 6.45) is 0. The number of fused-ring (bicyclic) bond motifs is 1. The third-order valence-electron chi connectivity index (χ3n) is 3.82. The maximum atomic E-state index is 2.34. The Bertz CT molecular complexity index is 509. The van der Waals surface area contributed by atoms with Gasteiger partial charge in [-0.15, -0.1) is 0 Å². The van der Waals surface area contributed by atoms with E-state index in [1.807, 2.05) is 0 Å². The van der Waals surface area contributed by atoms with Crippen LogP contribution in [0, 0.1) is 0 Å². The van der Waals surface area contributed by atoms with Gasteiger partial charge in [0.25, 0.3) is 0 Å². The van der Waals surface area contributed by atoms with Crippen LogP contribution in [-0.4, -0.2) is 0 Å². The molecular formula is C16H16. The summed E-state index contributed by atoms with van der Waals surface area (Å²) in [6, 6.07) is 19.6. The molecule has 0 aromatic heterocycles. The number of hydrogen-bond acceptors (Lipinski definition) is 0. The zero-order valence-electron chi connectivity index (χ0n) is 9.77. The Labute approximate surface area is 96.9 Å². The predicted octanol–water partition coefficient (Wildman–Crippen LogP) is 4.11. The Morgan fingerprint density at radius 1 is 0.812 bits per heavy atom. The van der Waals surface area contributed by atoms with Crippen molar-refractivity contribution in [3.63, 3.8) is 0 Å². The standard InChI is InChI=1S/C16H16/c1-16(2)14-11-7-6-10-13(14)15(16)12-8-4-3-5-9-12/h3-11,15H,1-2H3. The summed E-state index contributed by atoms with van der Waals surface area (Å²) in [6.45, 7) is 4.68. The molecule has 0 aliphatic heterocycles. The Morgan fingerprint density at radius 2 is 1.44 bits per heavy atom. The number of rotatable bonds is 1. The Morgan fingerprint density at radius 3 is 2.19 bits per heavy atom. The van der Waals surface area contributed by atoms with Gasteiger partial charge in [0.15, 0.2) is 0 Å². The van der Waals surface area contributed by atoms with Crippen LogP contribution >= 0.6 is 0 Å². The van der Waals surface area contributed by atoms with Crippen LogP contribution in [0.25, 0.3) is 0 Å².